The second kappa shape index (κ2) is 8.83. The molecule has 106 valence electrons. The maximum absolute atomic E-state index is 13.6. The van der Waals surface area contributed by atoms with Crippen LogP contribution in [0.15, 0.2) is 30.9 Å². The molecule has 3 heteroatoms. The highest BCUT2D eigenvalue weighted by molar-refractivity contribution is 5.24. The van der Waals surface area contributed by atoms with Crippen molar-refractivity contribution < 1.29 is 9.13 Å². The Balaban J connectivity index is 2.48. The Labute approximate surface area is 115 Å². The maximum Gasteiger partial charge on any atom is 0.128 e. The van der Waals surface area contributed by atoms with Crippen molar-refractivity contribution in [2.24, 2.45) is 5.92 Å². The summed E-state index contributed by atoms with van der Waals surface area (Å²) in [6, 6.07) is 5.20. The van der Waals surface area contributed by atoms with Crippen molar-refractivity contribution in [3.63, 3.8) is 0 Å². The predicted molar refractivity (Wildman–Crippen MR) is 77.4 cm³/mol. The average molecular weight is 265 g/mol. The number of ether oxygens (including phenoxy) is 1. The van der Waals surface area contributed by atoms with Crippen LogP contribution in [0.2, 0.25) is 0 Å². The van der Waals surface area contributed by atoms with E-state index in [1.807, 2.05) is 12.1 Å². The standard InChI is InChI=1S/C16H24FNO/c1-4-5-8-19-12-15-9-14(6-7-16(15)17)11-18-10-13(2)3/h4,6-7,9,13,18H,1,5,8,10-12H2,2-3H3. The van der Waals surface area contributed by atoms with Crippen LogP contribution in [0.3, 0.4) is 0 Å². The van der Waals surface area contributed by atoms with E-state index in [4.69, 9.17) is 4.74 Å². The molecule has 0 fully saturated rings. The fraction of sp³-hybridized carbons (Fsp3) is 0.500. The summed E-state index contributed by atoms with van der Waals surface area (Å²) in [4.78, 5) is 0. The zero-order chi connectivity index (χ0) is 14.1. The number of hydrogen-bond donors (Lipinski definition) is 1. The van der Waals surface area contributed by atoms with E-state index in [9.17, 15) is 4.39 Å². The van der Waals surface area contributed by atoms with Gasteiger partial charge < -0.3 is 10.1 Å². The molecule has 0 aliphatic heterocycles. The number of hydrogen-bond acceptors (Lipinski definition) is 2. The molecule has 1 N–H and O–H groups in total. The molecule has 0 atom stereocenters. The monoisotopic (exact) mass is 265 g/mol. The molecule has 0 saturated heterocycles. The first-order chi connectivity index (χ1) is 9.13. The molecule has 0 spiro atoms. The van der Waals surface area contributed by atoms with Crippen molar-refractivity contribution in [2.75, 3.05) is 13.2 Å². The van der Waals surface area contributed by atoms with Crippen molar-refractivity contribution in [3.8, 4) is 0 Å². The molecular weight excluding hydrogens is 241 g/mol. The lowest BCUT2D eigenvalue weighted by molar-refractivity contribution is 0.123. The van der Waals surface area contributed by atoms with Crippen LogP contribution >= 0.6 is 0 Å². The Hall–Kier alpha value is -1.19. The highest BCUT2D eigenvalue weighted by atomic mass is 19.1. The van der Waals surface area contributed by atoms with Gasteiger partial charge in [-0.15, -0.1) is 6.58 Å². The van der Waals surface area contributed by atoms with Crippen LogP contribution < -0.4 is 5.32 Å². The quantitative estimate of drug-likeness (QED) is 0.543. The summed E-state index contributed by atoms with van der Waals surface area (Å²) < 4.78 is 19.0. The van der Waals surface area contributed by atoms with Gasteiger partial charge >= 0.3 is 0 Å². The molecule has 0 radical (unpaired) electrons. The molecule has 0 aliphatic carbocycles. The average Bonchev–Trinajstić information content (AvgIpc) is 2.37. The first kappa shape index (κ1) is 15.9. The van der Waals surface area contributed by atoms with E-state index >= 15 is 0 Å². The second-order valence-corrected chi connectivity index (χ2v) is 5.08. The minimum Gasteiger partial charge on any atom is -0.376 e. The lowest BCUT2D eigenvalue weighted by atomic mass is 10.1. The third kappa shape index (κ3) is 6.50. The minimum absolute atomic E-state index is 0.203. The molecule has 0 saturated carbocycles. The summed E-state index contributed by atoms with van der Waals surface area (Å²) in [5, 5.41) is 3.35. The fourth-order valence-electron chi connectivity index (χ4n) is 1.70. The summed E-state index contributed by atoms with van der Waals surface area (Å²) >= 11 is 0. The van der Waals surface area contributed by atoms with E-state index in [0.717, 1.165) is 25.1 Å². The Morgan fingerprint density at radius 2 is 2.21 bits per heavy atom. The van der Waals surface area contributed by atoms with Crippen LogP contribution in [0.4, 0.5) is 4.39 Å². The van der Waals surface area contributed by atoms with Gasteiger partial charge in [-0.1, -0.05) is 26.0 Å². The van der Waals surface area contributed by atoms with Crippen LogP contribution in [0, 0.1) is 11.7 Å². The van der Waals surface area contributed by atoms with Gasteiger partial charge in [-0.05, 0) is 36.6 Å². The third-order valence-corrected chi connectivity index (χ3v) is 2.72. The van der Waals surface area contributed by atoms with Gasteiger partial charge in [-0.2, -0.15) is 0 Å². The Morgan fingerprint density at radius 3 is 2.89 bits per heavy atom. The van der Waals surface area contributed by atoms with Gasteiger partial charge in [0.2, 0.25) is 0 Å². The van der Waals surface area contributed by atoms with Crippen molar-refractivity contribution >= 4 is 0 Å². The summed E-state index contributed by atoms with van der Waals surface area (Å²) in [7, 11) is 0. The topological polar surface area (TPSA) is 21.3 Å². The van der Waals surface area contributed by atoms with E-state index < -0.39 is 0 Å². The van der Waals surface area contributed by atoms with Crippen molar-refractivity contribution in [3.05, 3.63) is 47.8 Å². The molecule has 1 aromatic carbocycles. The number of rotatable bonds is 9. The van der Waals surface area contributed by atoms with E-state index in [1.54, 1.807) is 6.08 Å². The van der Waals surface area contributed by atoms with Crippen LogP contribution in [0.1, 0.15) is 31.4 Å². The largest absolute Gasteiger partial charge is 0.376 e. The van der Waals surface area contributed by atoms with Crippen molar-refractivity contribution in [1.82, 2.24) is 5.32 Å². The van der Waals surface area contributed by atoms with Gasteiger partial charge in [0, 0.05) is 12.1 Å². The molecular formula is C16H24FNO. The highest BCUT2D eigenvalue weighted by Crippen LogP contribution is 2.12. The van der Waals surface area contributed by atoms with E-state index in [0.29, 0.717) is 24.7 Å². The zero-order valence-electron chi connectivity index (χ0n) is 11.9. The lowest BCUT2D eigenvalue weighted by Crippen LogP contribution is -2.19. The number of benzene rings is 1. The molecule has 19 heavy (non-hydrogen) atoms. The SMILES string of the molecule is C=CCCOCc1cc(CNCC(C)C)ccc1F. The Bertz CT molecular complexity index is 390. The van der Waals surface area contributed by atoms with E-state index in [-0.39, 0.29) is 5.82 Å². The number of nitrogens with one attached hydrogen (secondary N) is 1. The smallest absolute Gasteiger partial charge is 0.128 e. The van der Waals surface area contributed by atoms with Gasteiger partial charge in [0.25, 0.3) is 0 Å². The van der Waals surface area contributed by atoms with Crippen LogP contribution in [-0.2, 0) is 17.9 Å². The number of halogens is 1. The van der Waals surface area contributed by atoms with Gasteiger partial charge in [0.15, 0.2) is 0 Å². The lowest BCUT2D eigenvalue weighted by Gasteiger charge is -2.10. The molecule has 1 rings (SSSR count). The molecule has 2 nitrogen and oxygen atoms in total. The molecule has 0 aliphatic rings. The van der Waals surface area contributed by atoms with Crippen LogP contribution in [0.5, 0.6) is 0 Å². The zero-order valence-corrected chi connectivity index (χ0v) is 11.9. The molecule has 0 bridgehead atoms. The van der Waals surface area contributed by atoms with Gasteiger partial charge in [0.05, 0.1) is 13.2 Å². The Morgan fingerprint density at radius 1 is 1.42 bits per heavy atom. The summed E-state index contributed by atoms with van der Waals surface area (Å²) in [6.07, 6.45) is 2.58. The van der Waals surface area contributed by atoms with Crippen molar-refractivity contribution in [1.29, 1.82) is 0 Å². The first-order valence-electron chi connectivity index (χ1n) is 6.80. The van der Waals surface area contributed by atoms with Crippen molar-refractivity contribution in [2.45, 2.75) is 33.4 Å². The summed E-state index contributed by atoms with van der Waals surface area (Å²) in [5.41, 5.74) is 1.71. The molecule has 0 aromatic heterocycles. The molecule has 0 amide bonds. The fourth-order valence-corrected chi connectivity index (χ4v) is 1.70. The van der Waals surface area contributed by atoms with Gasteiger partial charge in [0.1, 0.15) is 5.82 Å². The molecule has 0 heterocycles. The third-order valence-electron chi connectivity index (χ3n) is 2.72. The normalized spacial score (nSPS) is 10.9. The minimum atomic E-state index is -0.203. The van der Waals surface area contributed by atoms with Crippen LogP contribution in [-0.4, -0.2) is 13.2 Å². The predicted octanol–water partition coefficient (Wildman–Crippen LogP) is 3.66. The summed E-state index contributed by atoms with van der Waals surface area (Å²) in [6.45, 7) is 10.6. The molecule has 0 unspecified atom stereocenters. The van der Waals surface area contributed by atoms with Gasteiger partial charge in [-0.25, -0.2) is 4.39 Å². The summed E-state index contributed by atoms with van der Waals surface area (Å²) in [5.74, 6) is 0.411. The van der Waals surface area contributed by atoms with E-state index in [1.165, 1.54) is 6.07 Å². The highest BCUT2D eigenvalue weighted by Gasteiger charge is 2.04. The maximum atomic E-state index is 13.6. The first-order valence-corrected chi connectivity index (χ1v) is 6.80. The second-order valence-electron chi connectivity index (χ2n) is 5.08. The van der Waals surface area contributed by atoms with Crippen LogP contribution in [0.25, 0.3) is 0 Å². The van der Waals surface area contributed by atoms with E-state index in [2.05, 4.69) is 25.7 Å². The molecule has 1 aromatic rings. The Kier molecular flexibility index (Phi) is 7.38. The van der Waals surface area contributed by atoms with Gasteiger partial charge in [-0.3, -0.25) is 0 Å².